The van der Waals surface area contributed by atoms with Crippen molar-refractivity contribution in [3.8, 4) is 0 Å². The van der Waals surface area contributed by atoms with Crippen LogP contribution in [-0.4, -0.2) is 108 Å². The number of unbranched alkanes of at least 4 members (excludes halogenated alkanes) is 1. The van der Waals surface area contributed by atoms with Gasteiger partial charge in [0.05, 0.1) is 52.9 Å². The predicted octanol–water partition coefficient (Wildman–Crippen LogP) is 3.40. The first-order valence-corrected chi connectivity index (χ1v) is 19.4. The number of primary amides is 1. The fourth-order valence-corrected chi connectivity index (χ4v) is 4.08. The first kappa shape index (κ1) is 54.7. The highest BCUT2D eigenvalue weighted by atomic mass is 16.6. The Morgan fingerprint density at radius 3 is 1.74 bits per heavy atom. The molecule has 0 radical (unpaired) electrons. The molecule has 7 N–H and O–H groups in total. The van der Waals surface area contributed by atoms with Crippen LogP contribution in [0.25, 0.3) is 0 Å². The molecule has 0 aliphatic heterocycles. The van der Waals surface area contributed by atoms with Gasteiger partial charge in [-0.25, -0.2) is 0 Å². The molecule has 0 bridgehead atoms. The van der Waals surface area contributed by atoms with E-state index >= 15 is 0 Å². The van der Waals surface area contributed by atoms with E-state index < -0.39 is 23.9 Å². The van der Waals surface area contributed by atoms with E-state index in [9.17, 15) is 24.0 Å². The fraction of sp³-hybridized carbons (Fsp3) is 0.718. The summed E-state index contributed by atoms with van der Waals surface area (Å²) >= 11 is 0. The molecule has 54 heavy (non-hydrogen) atoms. The lowest BCUT2D eigenvalue weighted by Crippen LogP contribution is -2.54. The first-order valence-electron chi connectivity index (χ1n) is 19.4. The SMILES string of the molecule is CC.CC.CC(=O)OCc1ccccc1.CCCC(=O)NCCOCCOCCOCCOCCC(=O)NC(C(=O)NC(CCCCN)C(N)=O)C(C)C. The maximum atomic E-state index is 12.7. The Morgan fingerprint density at radius 2 is 1.26 bits per heavy atom. The van der Waals surface area contributed by atoms with Crippen LogP contribution in [0.3, 0.4) is 0 Å². The van der Waals surface area contributed by atoms with Crippen LogP contribution < -0.4 is 27.4 Å². The Kier molecular flexibility index (Phi) is 41.1. The zero-order chi connectivity index (χ0) is 41.4. The number of hydrogen-bond acceptors (Lipinski definition) is 11. The van der Waals surface area contributed by atoms with E-state index in [1.54, 1.807) is 13.8 Å². The van der Waals surface area contributed by atoms with Gasteiger partial charge in [0.1, 0.15) is 18.7 Å². The Hall–Kier alpha value is -3.63. The van der Waals surface area contributed by atoms with Crippen LogP contribution in [0.15, 0.2) is 30.3 Å². The zero-order valence-electron chi connectivity index (χ0n) is 34.4. The molecular formula is C39H73N5O10. The van der Waals surface area contributed by atoms with E-state index in [1.165, 1.54) is 6.92 Å². The third-order valence-electron chi connectivity index (χ3n) is 6.79. The summed E-state index contributed by atoms with van der Waals surface area (Å²) in [4.78, 5) is 58.4. The molecule has 1 rings (SSSR count). The van der Waals surface area contributed by atoms with Crippen molar-refractivity contribution in [3.05, 3.63) is 35.9 Å². The minimum absolute atomic E-state index is 0.0346. The minimum Gasteiger partial charge on any atom is -0.461 e. The number of nitrogens with one attached hydrogen (secondary N) is 3. The molecular weight excluding hydrogens is 698 g/mol. The van der Waals surface area contributed by atoms with E-state index in [-0.39, 0.29) is 36.7 Å². The molecule has 0 fully saturated rings. The van der Waals surface area contributed by atoms with Crippen LogP contribution >= 0.6 is 0 Å². The Labute approximate surface area is 324 Å². The van der Waals surface area contributed by atoms with E-state index in [2.05, 4.69) is 16.0 Å². The monoisotopic (exact) mass is 772 g/mol. The van der Waals surface area contributed by atoms with Crippen molar-refractivity contribution in [3.63, 3.8) is 0 Å². The summed E-state index contributed by atoms with van der Waals surface area (Å²) in [5, 5.41) is 8.12. The molecule has 2 atom stereocenters. The quantitative estimate of drug-likeness (QED) is 0.0614. The van der Waals surface area contributed by atoms with Crippen LogP contribution in [0.2, 0.25) is 0 Å². The summed E-state index contributed by atoms with van der Waals surface area (Å²) in [5.74, 6) is -1.79. The van der Waals surface area contributed by atoms with Gasteiger partial charge in [-0.3, -0.25) is 24.0 Å². The van der Waals surface area contributed by atoms with Gasteiger partial charge in [-0.2, -0.15) is 0 Å². The second-order valence-electron chi connectivity index (χ2n) is 11.6. The molecule has 0 heterocycles. The first-order chi connectivity index (χ1) is 26.0. The number of benzene rings is 1. The molecule has 0 saturated heterocycles. The van der Waals surface area contributed by atoms with E-state index in [0.717, 1.165) is 18.4 Å². The van der Waals surface area contributed by atoms with Gasteiger partial charge in [0, 0.05) is 26.3 Å². The van der Waals surface area contributed by atoms with Crippen molar-refractivity contribution < 1.29 is 47.7 Å². The number of ether oxygens (including phenoxy) is 5. The van der Waals surface area contributed by atoms with Crippen LogP contribution in [0, 0.1) is 5.92 Å². The van der Waals surface area contributed by atoms with Gasteiger partial charge in [0.25, 0.3) is 0 Å². The van der Waals surface area contributed by atoms with E-state index in [1.807, 2.05) is 65.0 Å². The van der Waals surface area contributed by atoms with Gasteiger partial charge >= 0.3 is 5.97 Å². The average molecular weight is 772 g/mol. The number of amides is 4. The molecule has 0 saturated carbocycles. The van der Waals surface area contributed by atoms with Gasteiger partial charge in [0.15, 0.2) is 0 Å². The Morgan fingerprint density at radius 1 is 0.722 bits per heavy atom. The van der Waals surface area contributed by atoms with E-state index in [4.69, 9.17) is 35.2 Å². The van der Waals surface area contributed by atoms with Crippen molar-refractivity contribution in [1.82, 2.24) is 16.0 Å². The largest absolute Gasteiger partial charge is 0.461 e. The number of esters is 1. The topological polar surface area (TPSA) is 220 Å². The van der Waals surface area contributed by atoms with Crippen molar-refractivity contribution in [2.45, 2.75) is 113 Å². The summed E-state index contributed by atoms with van der Waals surface area (Å²) in [6, 6.07) is 8.00. The van der Waals surface area contributed by atoms with Crippen LogP contribution in [-0.2, 0) is 54.3 Å². The van der Waals surface area contributed by atoms with Gasteiger partial charge in [-0.1, -0.05) is 78.8 Å². The molecule has 15 nitrogen and oxygen atoms in total. The molecule has 1 aromatic carbocycles. The Balaban J connectivity index is -0.00000144. The smallest absolute Gasteiger partial charge is 0.302 e. The second kappa shape index (κ2) is 40.6. The highest BCUT2D eigenvalue weighted by molar-refractivity contribution is 5.91. The molecule has 0 aliphatic carbocycles. The summed E-state index contributed by atoms with van der Waals surface area (Å²) in [5.41, 5.74) is 11.9. The van der Waals surface area contributed by atoms with Crippen LogP contribution in [0.5, 0.6) is 0 Å². The molecule has 0 spiro atoms. The standard InChI is InChI=1S/C26H51N5O8.C9H10O2.2C2H6/c1-4-7-22(32)29-11-13-37-15-17-39-19-18-38-16-14-36-12-9-23(33)31-24(20(2)3)26(35)30-21(25(28)34)8-5-6-10-27;1-8(10)11-7-9-5-3-2-4-6-9;2*1-2/h20-21,24H,4-19,27H2,1-3H3,(H2,28,34)(H,29,32)(H,30,35)(H,31,33);2-6H,7H2,1H3;2*1-2H3. The number of carbonyl (C=O) groups excluding carboxylic acids is 5. The summed E-state index contributed by atoms with van der Waals surface area (Å²) in [6.45, 7) is 19.3. The lowest BCUT2D eigenvalue weighted by molar-refractivity contribution is -0.142. The van der Waals surface area contributed by atoms with Crippen molar-refractivity contribution in [2.24, 2.45) is 17.4 Å². The van der Waals surface area contributed by atoms with Crippen molar-refractivity contribution in [1.29, 1.82) is 0 Å². The third-order valence-corrected chi connectivity index (χ3v) is 6.79. The normalized spacial score (nSPS) is 11.2. The molecule has 2 unspecified atom stereocenters. The highest BCUT2D eigenvalue weighted by Crippen LogP contribution is 2.06. The number of rotatable bonds is 28. The molecule has 15 heteroatoms. The van der Waals surface area contributed by atoms with Crippen LogP contribution in [0.4, 0.5) is 0 Å². The second-order valence-corrected chi connectivity index (χ2v) is 11.6. The van der Waals surface area contributed by atoms with Gasteiger partial charge in [-0.15, -0.1) is 0 Å². The van der Waals surface area contributed by atoms with Gasteiger partial charge in [0.2, 0.25) is 23.6 Å². The third kappa shape index (κ3) is 35.4. The molecule has 4 amide bonds. The lowest BCUT2D eigenvalue weighted by atomic mass is 10.0. The van der Waals surface area contributed by atoms with Gasteiger partial charge < -0.3 is 51.1 Å². The summed E-state index contributed by atoms with van der Waals surface area (Å²) < 4.78 is 26.4. The van der Waals surface area contributed by atoms with Gasteiger partial charge in [-0.05, 0) is 43.7 Å². The molecule has 314 valence electrons. The maximum Gasteiger partial charge on any atom is 0.302 e. The Bertz CT molecular complexity index is 1060. The average Bonchev–Trinajstić information content (AvgIpc) is 3.16. The highest BCUT2D eigenvalue weighted by Gasteiger charge is 2.27. The molecule has 1 aromatic rings. The summed E-state index contributed by atoms with van der Waals surface area (Å²) in [7, 11) is 0. The van der Waals surface area contributed by atoms with E-state index in [0.29, 0.717) is 85.2 Å². The fourth-order valence-electron chi connectivity index (χ4n) is 4.08. The van der Waals surface area contributed by atoms with Crippen molar-refractivity contribution in [2.75, 3.05) is 65.9 Å². The van der Waals surface area contributed by atoms with Crippen molar-refractivity contribution >= 4 is 29.6 Å². The number of nitrogens with two attached hydrogens (primary N) is 2. The maximum absolute atomic E-state index is 12.7. The molecule has 0 aromatic heterocycles. The summed E-state index contributed by atoms with van der Waals surface area (Å²) in [6.07, 6.45) is 3.22. The lowest BCUT2D eigenvalue weighted by Gasteiger charge is -2.24. The predicted molar refractivity (Wildman–Crippen MR) is 211 cm³/mol. The molecule has 0 aliphatic rings. The zero-order valence-corrected chi connectivity index (χ0v) is 34.4. The number of carbonyl (C=O) groups is 5. The van der Waals surface area contributed by atoms with Crippen LogP contribution in [0.1, 0.15) is 99.5 Å². The minimum atomic E-state index is -0.806. The number of hydrogen-bond donors (Lipinski definition) is 5.